The van der Waals surface area contributed by atoms with Gasteiger partial charge in [-0.2, -0.15) is 0 Å². The fraction of sp³-hybridized carbons (Fsp3) is 0.286. The maximum absolute atomic E-state index is 13.4. The molecule has 0 saturated heterocycles. The van der Waals surface area contributed by atoms with E-state index in [1.54, 1.807) is 0 Å². The second kappa shape index (κ2) is 6.38. The van der Waals surface area contributed by atoms with Gasteiger partial charge in [-0.1, -0.05) is 13.0 Å². The van der Waals surface area contributed by atoms with Gasteiger partial charge in [0.05, 0.1) is 13.2 Å². The average molecular weight is 279 g/mol. The Labute approximate surface area is 115 Å². The van der Waals surface area contributed by atoms with E-state index in [1.807, 2.05) is 6.92 Å². The molecular weight excluding hydrogens is 264 g/mol. The van der Waals surface area contributed by atoms with Crippen LogP contribution >= 0.6 is 0 Å². The van der Waals surface area contributed by atoms with Crippen LogP contribution < -0.4 is 10.1 Å². The quantitative estimate of drug-likeness (QED) is 0.913. The van der Waals surface area contributed by atoms with Gasteiger partial charge in [-0.3, -0.25) is 4.98 Å². The van der Waals surface area contributed by atoms with E-state index in [0.29, 0.717) is 23.7 Å². The van der Waals surface area contributed by atoms with Crippen molar-refractivity contribution in [3.8, 4) is 5.88 Å². The molecule has 6 heteroatoms. The van der Waals surface area contributed by atoms with Crippen LogP contribution in [0.5, 0.6) is 5.88 Å². The molecule has 0 amide bonds. The summed E-state index contributed by atoms with van der Waals surface area (Å²) in [4.78, 5) is 8.30. The fourth-order valence-corrected chi connectivity index (χ4v) is 1.96. The van der Waals surface area contributed by atoms with Crippen LogP contribution in [0.3, 0.4) is 0 Å². The summed E-state index contributed by atoms with van der Waals surface area (Å²) in [6, 6.07) is 3.34. The van der Waals surface area contributed by atoms with Gasteiger partial charge in [0, 0.05) is 12.4 Å². The molecule has 1 aromatic carbocycles. The molecule has 2 aromatic rings. The molecule has 0 aliphatic carbocycles. The summed E-state index contributed by atoms with van der Waals surface area (Å²) in [6.07, 6.45) is 3.04. The van der Waals surface area contributed by atoms with Crippen molar-refractivity contribution in [2.24, 2.45) is 0 Å². The molecule has 0 aliphatic heterocycles. The maximum Gasteiger partial charge on any atom is 0.237 e. The zero-order chi connectivity index (χ0) is 14.5. The van der Waals surface area contributed by atoms with Crippen molar-refractivity contribution < 1.29 is 13.5 Å². The fourth-order valence-electron chi connectivity index (χ4n) is 1.96. The molecule has 106 valence electrons. The van der Waals surface area contributed by atoms with E-state index >= 15 is 0 Å². The molecule has 1 N–H and O–H groups in total. The van der Waals surface area contributed by atoms with Gasteiger partial charge >= 0.3 is 0 Å². The van der Waals surface area contributed by atoms with Crippen molar-refractivity contribution in [3.05, 3.63) is 53.5 Å². The number of nitrogens with one attached hydrogen (secondary N) is 1. The average Bonchev–Trinajstić information content (AvgIpc) is 2.48. The Morgan fingerprint density at radius 3 is 2.60 bits per heavy atom. The van der Waals surface area contributed by atoms with Gasteiger partial charge < -0.3 is 10.1 Å². The molecule has 0 spiro atoms. The highest BCUT2D eigenvalue weighted by atomic mass is 19.2. The minimum Gasteiger partial charge on any atom is -0.480 e. The van der Waals surface area contributed by atoms with Gasteiger partial charge in [0.15, 0.2) is 11.6 Å². The number of nitrogens with zero attached hydrogens (tertiary/aromatic N) is 2. The minimum absolute atomic E-state index is 0.350. The van der Waals surface area contributed by atoms with Gasteiger partial charge in [0.2, 0.25) is 5.88 Å². The molecule has 0 fully saturated rings. The van der Waals surface area contributed by atoms with Gasteiger partial charge in [-0.05, 0) is 24.2 Å². The van der Waals surface area contributed by atoms with E-state index in [0.717, 1.165) is 12.1 Å². The van der Waals surface area contributed by atoms with Crippen molar-refractivity contribution in [2.75, 3.05) is 13.7 Å². The Morgan fingerprint density at radius 2 is 1.95 bits per heavy atom. The molecule has 0 bridgehead atoms. The zero-order valence-electron chi connectivity index (χ0n) is 11.2. The topological polar surface area (TPSA) is 47.0 Å². The third-order valence-corrected chi connectivity index (χ3v) is 2.84. The molecule has 1 aromatic heterocycles. The predicted octanol–water partition coefficient (Wildman–Crippen LogP) is 2.46. The lowest BCUT2D eigenvalue weighted by Crippen LogP contribution is -2.24. The highest BCUT2D eigenvalue weighted by Crippen LogP contribution is 2.27. The lowest BCUT2D eigenvalue weighted by atomic mass is 10.0. The highest BCUT2D eigenvalue weighted by Gasteiger charge is 2.20. The first-order valence-corrected chi connectivity index (χ1v) is 6.20. The lowest BCUT2D eigenvalue weighted by molar-refractivity contribution is 0.382. The number of rotatable bonds is 5. The van der Waals surface area contributed by atoms with E-state index in [2.05, 4.69) is 15.3 Å². The van der Waals surface area contributed by atoms with Crippen LogP contribution in [-0.2, 0) is 0 Å². The third kappa shape index (κ3) is 2.91. The van der Waals surface area contributed by atoms with E-state index in [1.165, 1.54) is 25.6 Å². The summed E-state index contributed by atoms with van der Waals surface area (Å²) in [5, 5.41) is 3.16. The summed E-state index contributed by atoms with van der Waals surface area (Å²) in [5.41, 5.74) is 1.09. The van der Waals surface area contributed by atoms with E-state index in [9.17, 15) is 8.78 Å². The number of ether oxygens (including phenoxy) is 1. The van der Waals surface area contributed by atoms with Crippen LogP contribution in [0.4, 0.5) is 8.78 Å². The number of benzene rings is 1. The second-order valence-electron chi connectivity index (χ2n) is 4.12. The number of methoxy groups -OCH3 is 1. The Bertz CT molecular complexity index is 592. The minimum atomic E-state index is -0.895. The van der Waals surface area contributed by atoms with Crippen molar-refractivity contribution >= 4 is 0 Å². The maximum atomic E-state index is 13.4. The van der Waals surface area contributed by atoms with Crippen LogP contribution in [0.1, 0.15) is 24.2 Å². The van der Waals surface area contributed by atoms with Gasteiger partial charge in [0.1, 0.15) is 5.69 Å². The Hall–Kier alpha value is -2.08. The lowest BCUT2D eigenvalue weighted by Gasteiger charge is -2.19. The van der Waals surface area contributed by atoms with Crippen LogP contribution in [0.25, 0.3) is 0 Å². The normalized spacial score (nSPS) is 12.2. The largest absolute Gasteiger partial charge is 0.480 e. The summed E-state index contributed by atoms with van der Waals surface area (Å²) in [5.74, 6) is -1.42. The standard InChI is InChI=1S/C14H15F2N3O/c1-3-17-12(9-4-5-10(15)11(16)8-9)13-14(20-2)19-7-6-18-13/h4-8,12,17H,3H2,1-2H3. The van der Waals surface area contributed by atoms with Crippen LogP contribution in [0.2, 0.25) is 0 Å². The number of halogens is 2. The molecule has 0 aliphatic rings. The first-order chi connectivity index (χ1) is 9.67. The SMILES string of the molecule is CCNC(c1ccc(F)c(F)c1)c1nccnc1OC. The Balaban J connectivity index is 2.47. The van der Waals surface area contributed by atoms with Crippen molar-refractivity contribution in [2.45, 2.75) is 13.0 Å². The smallest absolute Gasteiger partial charge is 0.237 e. The molecule has 1 heterocycles. The monoisotopic (exact) mass is 279 g/mol. The predicted molar refractivity (Wildman–Crippen MR) is 70.5 cm³/mol. The number of hydrogen-bond acceptors (Lipinski definition) is 4. The summed E-state index contributed by atoms with van der Waals surface area (Å²) in [6.45, 7) is 2.54. The molecule has 1 unspecified atom stereocenters. The number of hydrogen-bond donors (Lipinski definition) is 1. The van der Waals surface area contributed by atoms with Gasteiger partial charge in [0.25, 0.3) is 0 Å². The molecule has 0 radical (unpaired) electrons. The summed E-state index contributed by atoms with van der Waals surface area (Å²) < 4.78 is 31.6. The molecular formula is C14H15F2N3O. The van der Waals surface area contributed by atoms with Crippen molar-refractivity contribution in [1.29, 1.82) is 0 Å². The van der Waals surface area contributed by atoms with Crippen molar-refractivity contribution in [1.82, 2.24) is 15.3 Å². The van der Waals surface area contributed by atoms with Gasteiger partial charge in [-0.15, -0.1) is 0 Å². The summed E-state index contributed by atoms with van der Waals surface area (Å²) >= 11 is 0. The van der Waals surface area contributed by atoms with Crippen LogP contribution in [-0.4, -0.2) is 23.6 Å². The molecule has 4 nitrogen and oxygen atoms in total. The zero-order valence-corrected chi connectivity index (χ0v) is 11.2. The Morgan fingerprint density at radius 1 is 1.20 bits per heavy atom. The Kier molecular flexibility index (Phi) is 4.57. The first-order valence-electron chi connectivity index (χ1n) is 6.20. The van der Waals surface area contributed by atoms with Crippen LogP contribution in [0, 0.1) is 11.6 Å². The third-order valence-electron chi connectivity index (χ3n) is 2.84. The van der Waals surface area contributed by atoms with E-state index < -0.39 is 17.7 Å². The van der Waals surface area contributed by atoms with Crippen LogP contribution in [0.15, 0.2) is 30.6 Å². The molecule has 1 atom stereocenters. The highest BCUT2D eigenvalue weighted by molar-refractivity contribution is 5.33. The first kappa shape index (κ1) is 14.3. The second-order valence-corrected chi connectivity index (χ2v) is 4.12. The van der Waals surface area contributed by atoms with Crippen molar-refractivity contribution in [3.63, 3.8) is 0 Å². The van der Waals surface area contributed by atoms with Gasteiger partial charge in [-0.25, -0.2) is 13.8 Å². The van der Waals surface area contributed by atoms with E-state index in [4.69, 9.17) is 4.74 Å². The molecule has 20 heavy (non-hydrogen) atoms. The summed E-state index contributed by atoms with van der Waals surface area (Å²) in [7, 11) is 1.49. The molecule has 2 rings (SSSR count). The van der Waals surface area contributed by atoms with E-state index in [-0.39, 0.29) is 0 Å². The number of aromatic nitrogens is 2. The molecule has 0 saturated carbocycles.